The summed E-state index contributed by atoms with van der Waals surface area (Å²) in [5.41, 5.74) is 2.19. The highest BCUT2D eigenvalue weighted by atomic mass is 28.3. The zero-order valence-electron chi connectivity index (χ0n) is 14.9. The van der Waals surface area contributed by atoms with E-state index < -0.39 is 17.6 Å². The molecule has 22 heavy (non-hydrogen) atoms. The first-order chi connectivity index (χ1) is 10.5. The molecule has 0 aromatic rings. The predicted octanol–water partition coefficient (Wildman–Crippen LogP) is 1.68. The maximum absolute atomic E-state index is 6.53. The number of ether oxygens (including phenoxy) is 2. The highest BCUT2D eigenvalue weighted by Crippen LogP contribution is 2.43. The van der Waals surface area contributed by atoms with Crippen molar-refractivity contribution in [3.05, 3.63) is 12.3 Å². The summed E-state index contributed by atoms with van der Waals surface area (Å²) in [6.07, 6.45) is 7.33. The summed E-state index contributed by atoms with van der Waals surface area (Å²) in [4.78, 5) is 0. The van der Waals surface area contributed by atoms with Gasteiger partial charge in [0.2, 0.25) is 0 Å². The molecule has 0 radical (unpaired) electrons. The van der Waals surface area contributed by atoms with E-state index in [4.69, 9.17) is 13.9 Å². The molecule has 0 spiro atoms. The SMILES string of the molecule is C=C[SiH](C)C1(C(O[SiH3])C2([SiH](C)C)CCCCO2)CCCCO1. The van der Waals surface area contributed by atoms with E-state index in [1.54, 1.807) is 0 Å². The molecule has 0 aromatic carbocycles. The first-order valence-electron chi connectivity index (χ1n) is 8.96. The van der Waals surface area contributed by atoms with Crippen LogP contribution in [0, 0.1) is 0 Å². The Morgan fingerprint density at radius 2 is 1.59 bits per heavy atom. The Labute approximate surface area is 142 Å². The molecule has 4 atom stereocenters. The van der Waals surface area contributed by atoms with E-state index in [-0.39, 0.29) is 16.6 Å². The van der Waals surface area contributed by atoms with Crippen LogP contribution in [0.3, 0.4) is 0 Å². The van der Waals surface area contributed by atoms with E-state index in [9.17, 15) is 0 Å². The first kappa shape index (κ1) is 18.6. The fraction of sp³-hybridized carbons (Fsp3) is 0.875. The van der Waals surface area contributed by atoms with E-state index in [0.29, 0.717) is 0 Å². The van der Waals surface area contributed by atoms with Gasteiger partial charge >= 0.3 is 0 Å². The van der Waals surface area contributed by atoms with Crippen LogP contribution in [-0.2, 0) is 13.9 Å². The van der Waals surface area contributed by atoms with Crippen LogP contribution in [0.5, 0.6) is 0 Å². The molecule has 128 valence electrons. The second kappa shape index (κ2) is 7.90. The van der Waals surface area contributed by atoms with E-state index in [2.05, 4.69) is 31.9 Å². The lowest BCUT2D eigenvalue weighted by molar-refractivity contribution is -0.167. The van der Waals surface area contributed by atoms with Gasteiger partial charge in [-0.1, -0.05) is 19.6 Å². The Morgan fingerprint density at radius 1 is 1.05 bits per heavy atom. The van der Waals surface area contributed by atoms with Gasteiger partial charge in [-0.15, -0.1) is 12.3 Å². The minimum Gasteiger partial charge on any atom is -0.420 e. The van der Waals surface area contributed by atoms with E-state index in [1.165, 1.54) is 25.7 Å². The minimum absolute atomic E-state index is 0.0401. The molecule has 4 unspecified atom stereocenters. The Kier molecular flexibility index (Phi) is 6.68. The van der Waals surface area contributed by atoms with E-state index in [1.807, 2.05) is 0 Å². The van der Waals surface area contributed by atoms with Gasteiger partial charge < -0.3 is 13.9 Å². The van der Waals surface area contributed by atoms with Crippen LogP contribution in [0.1, 0.15) is 38.5 Å². The standard InChI is InChI=1S/C16H34O3Si3/c1-5-22(4)16(11-7-9-13-18-16)14(19-20)15(21(2)3)10-6-8-12-17-15/h5,14,21-22H,1,6-13H2,2-4,20H3. The smallest absolute Gasteiger partial charge is 0.146 e. The van der Waals surface area contributed by atoms with Crippen molar-refractivity contribution >= 4 is 28.1 Å². The monoisotopic (exact) mass is 358 g/mol. The molecule has 2 fully saturated rings. The van der Waals surface area contributed by atoms with Gasteiger partial charge in [-0.2, -0.15) is 0 Å². The molecular formula is C16H34O3Si3. The van der Waals surface area contributed by atoms with Crippen molar-refractivity contribution in [2.24, 2.45) is 0 Å². The predicted molar refractivity (Wildman–Crippen MR) is 102 cm³/mol. The molecule has 0 bridgehead atoms. The molecule has 6 heteroatoms. The highest BCUT2D eigenvalue weighted by Gasteiger charge is 2.57. The average Bonchev–Trinajstić information content (AvgIpc) is 2.56. The molecule has 0 N–H and O–H groups in total. The topological polar surface area (TPSA) is 27.7 Å². The summed E-state index contributed by atoms with van der Waals surface area (Å²) >= 11 is 0. The summed E-state index contributed by atoms with van der Waals surface area (Å²) in [7, 11) is -1.55. The first-order valence-corrected chi connectivity index (χ1v) is 15.1. The van der Waals surface area contributed by atoms with Crippen LogP contribution in [0.2, 0.25) is 19.6 Å². The third-order valence-electron chi connectivity index (χ3n) is 5.89. The lowest BCUT2D eigenvalue weighted by Gasteiger charge is -2.55. The van der Waals surface area contributed by atoms with Crippen molar-refractivity contribution in [1.29, 1.82) is 0 Å². The van der Waals surface area contributed by atoms with E-state index in [0.717, 1.165) is 36.5 Å². The van der Waals surface area contributed by atoms with Gasteiger partial charge in [0.1, 0.15) is 10.5 Å². The van der Waals surface area contributed by atoms with Crippen LogP contribution in [0.15, 0.2) is 12.3 Å². The van der Waals surface area contributed by atoms with Crippen LogP contribution in [0.25, 0.3) is 0 Å². The molecule has 0 amide bonds. The quantitative estimate of drug-likeness (QED) is 0.676. The van der Waals surface area contributed by atoms with Crippen LogP contribution < -0.4 is 0 Å². The van der Waals surface area contributed by atoms with Gasteiger partial charge in [-0.25, -0.2) is 0 Å². The maximum atomic E-state index is 6.53. The van der Waals surface area contributed by atoms with Crippen molar-refractivity contribution in [3.63, 3.8) is 0 Å². The molecule has 2 saturated heterocycles. The zero-order valence-corrected chi connectivity index (χ0v) is 19.2. The fourth-order valence-corrected chi connectivity index (χ4v) is 10.6. The van der Waals surface area contributed by atoms with Gasteiger partial charge in [-0.05, 0) is 38.5 Å². The molecule has 0 aromatic heterocycles. The van der Waals surface area contributed by atoms with Crippen molar-refractivity contribution in [1.82, 2.24) is 0 Å². The van der Waals surface area contributed by atoms with Gasteiger partial charge in [-0.3, -0.25) is 0 Å². The highest BCUT2D eigenvalue weighted by molar-refractivity contribution is 6.67. The number of rotatable bonds is 6. The third kappa shape index (κ3) is 3.23. The summed E-state index contributed by atoms with van der Waals surface area (Å²) in [6, 6.07) is 0. The summed E-state index contributed by atoms with van der Waals surface area (Å²) in [5.74, 6) is 0. The maximum Gasteiger partial charge on any atom is 0.146 e. The van der Waals surface area contributed by atoms with Gasteiger partial charge in [0.05, 0.1) is 34.1 Å². The van der Waals surface area contributed by atoms with Crippen LogP contribution >= 0.6 is 0 Å². The number of hydrogen-bond donors (Lipinski definition) is 0. The Balaban J connectivity index is 2.42. The Hall–Kier alpha value is 0.271. The molecule has 2 aliphatic heterocycles. The lowest BCUT2D eigenvalue weighted by atomic mass is 9.94. The van der Waals surface area contributed by atoms with Crippen molar-refractivity contribution in [2.75, 3.05) is 13.2 Å². The summed E-state index contributed by atoms with van der Waals surface area (Å²) in [6.45, 7) is 13.1. The van der Waals surface area contributed by atoms with Crippen molar-refractivity contribution < 1.29 is 13.9 Å². The zero-order chi connectivity index (χ0) is 16.2. The van der Waals surface area contributed by atoms with Crippen molar-refractivity contribution in [3.8, 4) is 0 Å². The minimum atomic E-state index is -1.25. The second-order valence-electron chi connectivity index (χ2n) is 7.32. The summed E-state index contributed by atoms with van der Waals surface area (Å²) in [5, 5.41) is -0.141. The largest absolute Gasteiger partial charge is 0.420 e. The number of hydrogen-bond acceptors (Lipinski definition) is 3. The second-order valence-corrected chi connectivity index (χ2v) is 14.1. The lowest BCUT2D eigenvalue weighted by Crippen LogP contribution is -2.70. The molecule has 2 aliphatic rings. The van der Waals surface area contributed by atoms with Gasteiger partial charge in [0, 0.05) is 13.2 Å². The average molecular weight is 359 g/mol. The Morgan fingerprint density at radius 3 is 1.95 bits per heavy atom. The molecule has 0 saturated carbocycles. The van der Waals surface area contributed by atoms with Crippen molar-refractivity contribution in [2.45, 2.75) is 74.7 Å². The fourth-order valence-electron chi connectivity index (χ4n) is 4.46. The van der Waals surface area contributed by atoms with Crippen LogP contribution in [-0.4, -0.2) is 57.8 Å². The molecule has 0 aliphatic carbocycles. The van der Waals surface area contributed by atoms with Gasteiger partial charge in [0.25, 0.3) is 0 Å². The summed E-state index contributed by atoms with van der Waals surface area (Å²) < 4.78 is 19.4. The van der Waals surface area contributed by atoms with Crippen LogP contribution in [0.4, 0.5) is 0 Å². The van der Waals surface area contributed by atoms with E-state index >= 15 is 0 Å². The Bertz CT molecular complexity index is 364. The molecule has 3 nitrogen and oxygen atoms in total. The third-order valence-corrected chi connectivity index (χ3v) is 12.1. The van der Waals surface area contributed by atoms with Gasteiger partial charge in [0.15, 0.2) is 0 Å². The molecule has 2 rings (SSSR count). The molecular weight excluding hydrogens is 324 g/mol. The molecule has 2 heterocycles. The normalized spacial score (nSPS) is 36.2.